The fraction of sp³-hybridized carbons (Fsp3) is 0.571. The van der Waals surface area contributed by atoms with Crippen molar-refractivity contribution in [3.8, 4) is 11.5 Å². The number of amides is 1. The van der Waals surface area contributed by atoms with E-state index in [0.29, 0.717) is 23.8 Å². The van der Waals surface area contributed by atoms with E-state index in [0.717, 1.165) is 56.5 Å². The number of hydrogen-bond donors (Lipinski definition) is 1. The van der Waals surface area contributed by atoms with Gasteiger partial charge in [0.15, 0.2) is 11.5 Å². The Bertz CT molecular complexity index is 1040. The summed E-state index contributed by atoms with van der Waals surface area (Å²) >= 11 is 0. The second kappa shape index (κ2) is 11.8. The van der Waals surface area contributed by atoms with Crippen molar-refractivity contribution in [1.29, 1.82) is 0 Å². The third-order valence-corrected chi connectivity index (χ3v) is 7.28. The number of aryl methyl sites for hydroxylation is 1. The van der Waals surface area contributed by atoms with E-state index < -0.39 is 17.9 Å². The van der Waals surface area contributed by atoms with Gasteiger partial charge in [-0.1, -0.05) is 39.7 Å². The van der Waals surface area contributed by atoms with Gasteiger partial charge < -0.3 is 23.9 Å². The molecule has 3 heterocycles. The Balaban J connectivity index is 1.66. The van der Waals surface area contributed by atoms with Gasteiger partial charge in [0.05, 0.1) is 18.5 Å². The average Bonchev–Trinajstić information content (AvgIpc) is 3.61. The molecule has 2 aliphatic heterocycles. The molecule has 1 fully saturated rings. The van der Waals surface area contributed by atoms with Crippen LogP contribution in [0.15, 0.2) is 34.7 Å². The van der Waals surface area contributed by atoms with Crippen molar-refractivity contribution in [1.82, 2.24) is 9.80 Å². The summed E-state index contributed by atoms with van der Waals surface area (Å²) in [6.07, 6.45) is 4.66. The number of aliphatic carboxylic acids is 1. The van der Waals surface area contributed by atoms with Gasteiger partial charge >= 0.3 is 5.97 Å². The van der Waals surface area contributed by atoms with Crippen LogP contribution < -0.4 is 9.47 Å². The number of carbonyl (C=O) groups is 2. The van der Waals surface area contributed by atoms with Gasteiger partial charge in [0.2, 0.25) is 12.7 Å². The predicted molar refractivity (Wildman–Crippen MR) is 135 cm³/mol. The molecule has 0 aliphatic carbocycles. The van der Waals surface area contributed by atoms with E-state index in [4.69, 9.17) is 13.9 Å². The van der Waals surface area contributed by atoms with Crippen LogP contribution in [0.1, 0.15) is 75.5 Å². The highest BCUT2D eigenvalue weighted by Crippen LogP contribution is 2.48. The average molecular weight is 499 g/mol. The first-order chi connectivity index (χ1) is 17.5. The van der Waals surface area contributed by atoms with Crippen molar-refractivity contribution >= 4 is 11.9 Å². The molecule has 36 heavy (non-hydrogen) atoms. The van der Waals surface area contributed by atoms with Crippen molar-refractivity contribution in [3.63, 3.8) is 0 Å². The summed E-state index contributed by atoms with van der Waals surface area (Å²) in [5, 5.41) is 10.4. The summed E-state index contributed by atoms with van der Waals surface area (Å²) in [6.45, 7) is 8.44. The molecule has 0 radical (unpaired) electrons. The molecule has 8 nitrogen and oxygen atoms in total. The monoisotopic (exact) mass is 498 g/mol. The maximum Gasteiger partial charge on any atom is 0.309 e. The minimum Gasteiger partial charge on any atom is -0.481 e. The number of unbranched alkanes of at least 4 members (excludes halogenated alkanes) is 2. The Labute approximate surface area is 213 Å². The molecular weight excluding hydrogens is 460 g/mol. The minimum atomic E-state index is -0.902. The molecule has 8 heteroatoms. The molecule has 1 saturated heterocycles. The van der Waals surface area contributed by atoms with Crippen LogP contribution in [0.25, 0.3) is 0 Å². The molecule has 1 N–H and O–H groups in total. The van der Waals surface area contributed by atoms with Crippen molar-refractivity contribution in [2.45, 2.75) is 64.8 Å². The van der Waals surface area contributed by atoms with Gasteiger partial charge in [0.1, 0.15) is 11.5 Å². The molecule has 2 aromatic rings. The standard InChI is InChI=1S/C28H38N2O6/c1-4-7-13-29(14-8-5-2)25(31)17-30-16-21(19-9-11-22-24(15-19)35-18-34-22)26(28(32)33)27(30)23-12-10-20(6-3)36-23/h9-12,15,21,26-27H,4-8,13-14,16-18H2,1-3H3,(H,32,33)/t21-,26+,27-/m1/s1. The molecule has 1 amide bonds. The zero-order valence-corrected chi connectivity index (χ0v) is 21.6. The van der Waals surface area contributed by atoms with E-state index in [9.17, 15) is 14.7 Å². The van der Waals surface area contributed by atoms with E-state index >= 15 is 0 Å². The topological polar surface area (TPSA) is 92.5 Å². The normalized spacial score (nSPS) is 21.1. The number of rotatable bonds is 12. The molecule has 0 spiro atoms. The van der Waals surface area contributed by atoms with Gasteiger partial charge in [0.25, 0.3) is 0 Å². The third-order valence-electron chi connectivity index (χ3n) is 7.28. The Morgan fingerprint density at radius 1 is 1.03 bits per heavy atom. The van der Waals surface area contributed by atoms with E-state index in [-0.39, 0.29) is 25.2 Å². The second-order valence-corrected chi connectivity index (χ2v) is 9.70. The largest absolute Gasteiger partial charge is 0.481 e. The van der Waals surface area contributed by atoms with E-state index in [1.54, 1.807) is 0 Å². The quantitative estimate of drug-likeness (QED) is 0.448. The van der Waals surface area contributed by atoms with E-state index in [1.807, 2.05) is 47.1 Å². The van der Waals surface area contributed by atoms with E-state index in [1.165, 1.54) is 0 Å². The second-order valence-electron chi connectivity index (χ2n) is 9.70. The Morgan fingerprint density at radius 3 is 2.39 bits per heavy atom. The van der Waals surface area contributed by atoms with Crippen molar-refractivity contribution in [2.24, 2.45) is 5.92 Å². The number of nitrogens with zero attached hydrogens (tertiary/aromatic N) is 2. The summed E-state index contributed by atoms with van der Waals surface area (Å²) in [6, 6.07) is 8.84. The number of fused-ring (bicyclic) bond motifs is 1. The lowest BCUT2D eigenvalue weighted by atomic mass is 9.84. The summed E-state index contributed by atoms with van der Waals surface area (Å²) < 4.78 is 17.1. The van der Waals surface area contributed by atoms with Gasteiger partial charge in [-0.3, -0.25) is 14.5 Å². The molecule has 3 atom stereocenters. The molecule has 0 unspecified atom stereocenters. The number of hydrogen-bond acceptors (Lipinski definition) is 6. The molecule has 1 aromatic carbocycles. The van der Waals surface area contributed by atoms with Crippen molar-refractivity contribution < 1.29 is 28.6 Å². The predicted octanol–water partition coefficient (Wildman–Crippen LogP) is 4.84. The van der Waals surface area contributed by atoms with Crippen LogP contribution >= 0.6 is 0 Å². The zero-order chi connectivity index (χ0) is 25.7. The lowest BCUT2D eigenvalue weighted by molar-refractivity contribution is -0.144. The molecule has 2 aliphatic rings. The fourth-order valence-corrected chi connectivity index (χ4v) is 5.29. The first-order valence-electron chi connectivity index (χ1n) is 13.2. The summed E-state index contributed by atoms with van der Waals surface area (Å²) in [4.78, 5) is 30.1. The maximum atomic E-state index is 13.5. The lowest BCUT2D eigenvalue weighted by Crippen LogP contribution is -2.41. The third kappa shape index (κ3) is 5.53. The fourth-order valence-electron chi connectivity index (χ4n) is 5.29. The number of furan rings is 1. The number of likely N-dealkylation sites (tertiary alicyclic amines) is 1. The van der Waals surface area contributed by atoms with Crippen LogP contribution in [0.3, 0.4) is 0 Å². The number of benzene rings is 1. The van der Waals surface area contributed by atoms with Gasteiger partial charge in [0, 0.05) is 32.0 Å². The highest BCUT2D eigenvalue weighted by molar-refractivity contribution is 5.79. The first kappa shape index (κ1) is 26.1. The Hall–Kier alpha value is -3.00. The zero-order valence-electron chi connectivity index (χ0n) is 21.6. The molecule has 0 bridgehead atoms. The van der Waals surface area contributed by atoms with Gasteiger partial charge in [-0.25, -0.2) is 0 Å². The molecule has 196 valence electrons. The smallest absolute Gasteiger partial charge is 0.309 e. The number of carboxylic acid groups (broad SMARTS) is 1. The SMILES string of the molecule is CCCCN(CCCC)C(=O)CN1C[C@H](c2ccc3c(c2)OCO3)[C@H](C(=O)O)[C@H]1c1ccc(CC)o1. The maximum absolute atomic E-state index is 13.5. The van der Waals surface area contributed by atoms with Crippen LogP contribution in [0.4, 0.5) is 0 Å². The van der Waals surface area contributed by atoms with Crippen LogP contribution in [0.5, 0.6) is 11.5 Å². The lowest BCUT2D eigenvalue weighted by Gasteiger charge is -2.28. The number of ether oxygens (including phenoxy) is 2. The van der Waals surface area contributed by atoms with Crippen LogP contribution in [-0.4, -0.2) is 59.8 Å². The summed E-state index contributed by atoms with van der Waals surface area (Å²) in [5.41, 5.74) is 0.864. The van der Waals surface area contributed by atoms with Gasteiger partial charge in [-0.2, -0.15) is 0 Å². The highest BCUT2D eigenvalue weighted by atomic mass is 16.7. The van der Waals surface area contributed by atoms with Crippen LogP contribution in [-0.2, 0) is 16.0 Å². The molecule has 1 aromatic heterocycles. The molecule has 4 rings (SSSR count). The molecular formula is C28H38N2O6. The minimum absolute atomic E-state index is 0.0413. The highest BCUT2D eigenvalue weighted by Gasteiger charge is 2.49. The summed E-state index contributed by atoms with van der Waals surface area (Å²) in [5.74, 6) is 0.732. The molecule has 0 saturated carbocycles. The first-order valence-corrected chi connectivity index (χ1v) is 13.2. The van der Waals surface area contributed by atoms with Gasteiger partial charge in [-0.05, 0) is 42.7 Å². The van der Waals surface area contributed by atoms with Crippen molar-refractivity contribution in [2.75, 3.05) is 33.0 Å². The summed E-state index contributed by atoms with van der Waals surface area (Å²) in [7, 11) is 0. The van der Waals surface area contributed by atoms with E-state index in [2.05, 4.69) is 13.8 Å². The van der Waals surface area contributed by atoms with Crippen LogP contribution in [0, 0.1) is 5.92 Å². The number of carbonyl (C=O) groups excluding carboxylic acids is 1. The Kier molecular flexibility index (Phi) is 8.56. The van der Waals surface area contributed by atoms with Gasteiger partial charge in [-0.15, -0.1) is 0 Å². The van der Waals surface area contributed by atoms with Crippen LogP contribution in [0.2, 0.25) is 0 Å². The number of carboxylic acids is 1. The van der Waals surface area contributed by atoms with Crippen molar-refractivity contribution in [3.05, 3.63) is 47.4 Å². The Morgan fingerprint density at radius 2 is 1.75 bits per heavy atom.